The Bertz CT molecular complexity index is 547. The third-order valence-electron chi connectivity index (χ3n) is 5.46. The number of hydrogen-bond donors (Lipinski definition) is 1. The molecule has 138 valence electrons. The standard InChI is InChI=1S/C20H30N2O3/c1-17-5-7-18(8-6-17)25-15-19(23)21-16-20(9-13-24-14-10-20)22-11-3-2-4-12-22/h5-8H,2-4,9-16H2,1H3,(H,21,23). The molecular formula is C20H30N2O3. The third kappa shape index (κ3) is 4.95. The van der Waals surface area contributed by atoms with Gasteiger partial charge in [-0.1, -0.05) is 24.1 Å². The molecule has 0 unspecified atom stereocenters. The minimum atomic E-state index is -0.0524. The molecule has 2 saturated heterocycles. The smallest absolute Gasteiger partial charge is 0.258 e. The van der Waals surface area contributed by atoms with Gasteiger partial charge < -0.3 is 14.8 Å². The molecule has 1 aromatic rings. The first-order valence-electron chi connectivity index (χ1n) is 9.47. The first-order valence-corrected chi connectivity index (χ1v) is 9.47. The number of hydrogen-bond acceptors (Lipinski definition) is 4. The molecule has 0 saturated carbocycles. The molecule has 0 radical (unpaired) electrons. The first-order chi connectivity index (χ1) is 12.2. The summed E-state index contributed by atoms with van der Waals surface area (Å²) in [5, 5.41) is 3.11. The first kappa shape index (κ1) is 18.2. The molecule has 2 heterocycles. The van der Waals surface area contributed by atoms with Crippen LogP contribution < -0.4 is 10.1 Å². The Balaban J connectivity index is 1.51. The highest BCUT2D eigenvalue weighted by Gasteiger charge is 2.39. The number of benzene rings is 1. The molecular weight excluding hydrogens is 316 g/mol. The fourth-order valence-corrected chi connectivity index (χ4v) is 3.82. The molecule has 2 aliphatic heterocycles. The van der Waals surface area contributed by atoms with Gasteiger partial charge in [-0.3, -0.25) is 9.69 Å². The summed E-state index contributed by atoms with van der Waals surface area (Å²) in [6.45, 7) is 6.62. The maximum Gasteiger partial charge on any atom is 0.258 e. The van der Waals surface area contributed by atoms with E-state index in [1.807, 2.05) is 31.2 Å². The maximum atomic E-state index is 12.3. The number of nitrogens with one attached hydrogen (secondary N) is 1. The molecule has 25 heavy (non-hydrogen) atoms. The molecule has 0 bridgehead atoms. The van der Waals surface area contributed by atoms with E-state index in [-0.39, 0.29) is 18.1 Å². The summed E-state index contributed by atoms with van der Waals surface area (Å²) in [5.74, 6) is 0.681. The van der Waals surface area contributed by atoms with Crippen LogP contribution in [0.1, 0.15) is 37.7 Å². The fourth-order valence-electron chi connectivity index (χ4n) is 3.82. The Hall–Kier alpha value is -1.59. The number of carbonyl (C=O) groups is 1. The van der Waals surface area contributed by atoms with Crippen LogP contribution in [0, 0.1) is 6.92 Å². The van der Waals surface area contributed by atoms with Crippen molar-refractivity contribution in [1.29, 1.82) is 0 Å². The van der Waals surface area contributed by atoms with Crippen molar-refractivity contribution in [2.24, 2.45) is 0 Å². The topological polar surface area (TPSA) is 50.8 Å². The summed E-state index contributed by atoms with van der Waals surface area (Å²) in [4.78, 5) is 14.8. The van der Waals surface area contributed by atoms with E-state index in [0.717, 1.165) is 44.9 Å². The van der Waals surface area contributed by atoms with E-state index in [4.69, 9.17) is 9.47 Å². The highest BCUT2D eigenvalue weighted by Crippen LogP contribution is 2.30. The zero-order valence-corrected chi connectivity index (χ0v) is 15.3. The second-order valence-corrected chi connectivity index (χ2v) is 7.26. The molecule has 1 N–H and O–H groups in total. The van der Waals surface area contributed by atoms with Crippen LogP contribution in [0.3, 0.4) is 0 Å². The van der Waals surface area contributed by atoms with Crippen molar-refractivity contribution in [1.82, 2.24) is 10.2 Å². The van der Waals surface area contributed by atoms with Crippen molar-refractivity contribution in [3.8, 4) is 5.75 Å². The fraction of sp³-hybridized carbons (Fsp3) is 0.650. The van der Waals surface area contributed by atoms with E-state index in [1.165, 1.54) is 24.8 Å². The lowest BCUT2D eigenvalue weighted by atomic mass is 9.86. The Morgan fingerprint density at radius 2 is 1.84 bits per heavy atom. The molecule has 2 aliphatic rings. The number of aryl methyl sites for hydroxylation is 1. The van der Waals surface area contributed by atoms with E-state index in [2.05, 4.69) is 10.2 Å². The van der Waals surface area contributed by atoms with Gasteiger partial charge in [0, 0.05) is 25.3 Å². The molecule has 3 rings (SSSR count). The summed E-state index contributed by atoms with van der Waals surface area (Å²) in [6, 6.07) is 7.77. The second kappa shape index (κ2) is 8.68. The zero-order valence-electron chi connectivity index (χ0n) is 15.3. The number of amides is 1. The molecule has 5 heteroatoms. The molecule has 0 atom stereocenters. The number of rotatable bonds is 6. The Kier molecular flexibility index (Phi) is 6.32. The monoisotopic (exact) mass is 346 g/mol. The summed E-state index contributed by atoms with van der Waals surface area (Å²) in [7, 11) is 0. The Labute approximate surface area is 150 Å². The largest absolute Gasteiger partial charge is 0.484 e. The van der Waals surface area contributed by atoms with Gasteiger partial charge in [0.05, 0.1) is 0 Å². The maximum absolute atomic E-state index is 12.3. The van der Waals surface area contributed by atoms with Gasteiger partial charge in [0.25, 0.3) is 5.91 Å². The van der Waals surface area contributed by atoms with E-state index < -0.39 is 0 Å². The Morgan fingerprint density at radius 1 is 1.16 bits per heavy atom. The van der Waals surface area contributed by atoms with Gasteiger partial charge in [-0.15, -0.1) is 0 Å². The van der Waals surface area contributed by atoms with Crippen LogP contribution in [0.5, 0.6) is 5.75 Å². The summed E-state index contributed by atoms with van der Waals surface area (Å²) < 4.78 is 11.2. The average Bonchev–Trinajstić information content (AvgIpc) is 2.67. The highest BCUT2D eigenvalue weighted by molar-refractivity contribution is 5.77. The molecule has 0 aliphatic carbocycles. The number of ether oxygens (including phenoxy) is 2. The SMILES string of the molecule is Cc1ccc(OCC(=O)NCC2(N3CCCCC3)CCOCC2)cc1. The average molecular weight is 346 g/mol. The van der Waals surface area contributed by atoms with Crippen LogP contribution in [-0.4, -0.2) is 55.8 Å². The van der Waals surface area contributed by atoms with Crippen molar-refractivity contribution in [3.63, 3.8) is 0 Å². The van der Waals surface area contributed by atoms with Crippen LogP contribution in [0.2, 0.25) is 0 Å². The molecule has 0 aromatic heterocycles. The minimum absolute atomic E-state index is 0.0524. The van der Waals surface area contributed by atoms with Gasteiger partial charge in [-0.25, -0.2) is 0 Å². The van der Waals surface area contributed by atoms with Gasteiger partial charge in [0.1, 0.15) is 5.75 Å². The van der Waals surface area contributed by atoms with Crippen molar-refractivity contribution in [3.05, 3.63) is 29.8 Å². The molecule has 1 amide bonds. The normalized spacial score (nSPS) is 20.8. The quantitative estimate of drug-likeness (QED) is 0.860. The second-order valence-electron chi connectivity index (χ2n) is 7.26. The van der Waals surface area contributed by atoms with E-state index >= 15 is 0 Å². The predicted octanol–water partition coefficient (Wildman–Crippen LogP) is 2.53. The van der Waals surface area contributed by atoms with Gasteiger partial charge in [-0.05, 0) is 57.8 Å². The Morgan fingerprint density at radius 3 is 2.52 bits per heavy atom. The van der Waals surface area contributed by atoms with Gasteiger partial charge in [0.2, 0.25) is 0 Å². The minimum Gasteiger partial charge on any atom is -0.484 e. The van der Waals surface area contributed by atoms with E-state index in [9.17, 15) is 4.79 Å². The number of piperidine rings is 1. The predicted molar refractivity (Wildman–Crippen MR) is 97.9 cm³/mol. The summed E-state index contributed by atoms with van der Waals surface area (Å²) in [6.07, 6.45) is 5.82. The van der Waals surface area contributed by atoms with Crippen LogP contribution in [0.15, 0.2) is 24.3 Å². The van der Waals surface area contributed by atoms with Gasteiger partial charge in [-0.2, -0.15) is 0 Å². The molecule has 1 aromatic carbocycles. The lowest BCUT2D eigenvalue weighted by Crippen LogP contribution is -2.59. The van der Waals surface area contributed by atoms with E-state index in [0.29, 0.717) is 6.54 Å². The van der Waals surface area contributed by atoms with Crippen LogP contribution in [0.4, 0.5) is 0 Å². The summed E-state index contributed by atoms with van der Waals surface area (Å²) in [5.41, 5.74) is 1.23. The molecule has 2 fully saturated rings. The highest BCUT2D eigenvalue weighted by atomic mass is 16.5. The lowest BCUT2D eigenvalue weighted by molar-refractivity contribution is -0.124. The van der Waals surface area contributed by atoms with Crippen LogP contribution >= 0.6 is 0 Å². The van der Waals surface area contributed by atoms with Crippen molar-refractivity contribution in [2.45, 2.75) is 44.6 Å². The third-order valence-corrected chi connectivity index (χ3v) is 5.46. The zero-order chi connectivity index (χ0) is 17.5. The van der Waals surface area contributed by atoms with Gasteiger partial charge in [0.15, 0.2) is 6.61 Å². The van der Waals surface area contributed by atoms with Crippen molar-refractivity contribution < 1.29 is 14.3 Å². The van der Waals surface area contributed by atoms with Crippen molar-refractivity contribution >= 4 is 5.91 Å². The molecule has 0 spiro atoms. The number of likely N-dealkylation sites (tertiary alicyclic amines) is 1. The lowest BCUT2D eigenvalue weighted by Gasteiger charge is -2.48. The van der Waals surface area contributed by atoms with E-state index in [1.54, 1.807) is 0 Å². The number of carbonyl (C=O) groups excluding carboxylic acids is 1. The van der Waals surface area contributed by atoms with Crippen LogP contribution in [0.25, 0.3) is 0 Å². The number of nitrogens with zero attached hydrogens (tertiary/aromatic N) is 1. The van der Waals surface area contributed by atoms with Crippen molar-refractivity contribution in [2.75, 3.05) is 39.5 Å². The van der Waals surface area contributed by atoms with Gasteiger partial charge >= 0.3 is 0 Å². The van der Waals surface area contributed by atoms with Crippen LogP contribution in [-0.2, 0) is 9.53 Å². The molecule has 5 nitrogen and oxygen atoms in total. The summed E-state index contributed by atoms with van der Waals surface area (Å²) >= 11 is 0.